The van der Waals surface area contributed by atoms with E-state index in [0.717, 1.165) is 78.0 Å². The molecule has 0 N–H and O–H groups in total. The second kappa shape index (κ2) is 18.5. The van der Waals surface area contributed by atoms with E-state index in [9.17, 15) is 0 Å². The summed E-state index contributed by atoms with van der Waals surface area (Å²) < 4.78 is 0. The standard InChI is InChI=1S/C60H42N4/c1-3-13-55(14-4-1)63(41-37-51-9-7-11-53-43-61-39-35-59(51)53)57-31-27-49(28-32-57)47-23-19-45(20-24-47)17-18-46-21-25-48(26-22-46)50-29-33-58(34-30-50)64(56-15-5-2-6-16-56)42-38-52-10-8-12-54-44-62-40-36-60(52)54/h1-16,19-44H/b41-37+,42-38+. The van der Waals surface area contributed by atoms with Crippen LogP contribution in [0.4, 0.5) is 22.7 Å². The Bertz CT molecular complexity index is 3060. The summed E-state index contributed by atoms with van der Waals surface area (Å²) >= 11 is 0. The van der Waals surface area contributed by atoms with Crippen molar-refractivity contribution in [1.82, 2.24) is 9.97 Å². The Morgan fingerprint density at radius 1 is 0.328 bits per heavy atom. The Morgan fingerprint density at radius 2 is 0.688 bits per heavy atom. The van der Waals surface area contributed by atoms with E-state index >= 15 is 0 Å². The number of nitrogens with zero attached hydrogens (tertiary/aromatic N) is 4. The Kier molecular flexibility index (Phi) is 11.4. The molecule has 0 amide bonds. The topological polar surface area (TPSA) is 32.3 Å². The van der Waals surface area contributed by atoms with E-state index in [1.807, 2.05) is 36.9 Å². The minimum Gasteiger partial charge on any atom is -0.317 e. The van der Waals surface area contributed by atoms with Gasteiger partial charge in [0, 0.05) is 81.8 Å². The van der Waals surface area contributed by atoms with E-state index in [0.29, 0.717) is 0 Å². The van der Waals surface area contributed by atoms with Crippen molar-refractivity contribution in [3.05, 3.63) is 266 Å². The van der Waals surface area contributed by atoms with Gasteiger partial charge in [0.1, 0.15) is 0 Å². The summed E-state index contributed by atoms with van der Waals surface area (Å²) in [5.41, 5.74) is 13.1. The first kappa shape index (κ1) is 39.4. The predicted octanol–water partition coefficient (Wildman–Crippen LogP) is 15.1. The SMILES string of the molecule is C(#Cc1ccc(-c2ccc(N(/C=C/c3cccc4cnccc34)c3ccccc3)cc2)cc1)c1ccc(-c2ccc(N(/C=C/c3cccc4cnccc34)c3ccccc3)cc2)cc1. The summed E-state index contributed by atoms with van der Waals surface area (Å²) in [5, 5.41) is 4.60. The van der Waals surface area contributed by atoms with Crippen molar-refractivity contribution in [2.45, 2.75) is 0 Å². The molecule has 0 bridgehead atoms. The maximum atomic E-state index is 4.30. The average molecular weight is 819 g/mol. The molecule has 8 aromatic carbocycles. The zero-order valence-electron chi connectivity index (χ0n) is 35.0. The highest BCUT2D eigenvalue weighted by Gasteiger charge is 2.10. The van der Waals surface area contributed by atoms with Crippen LogP contribution in [-0.2, 0) is 0 Å². The molecule has 0 aliphatic carbocycles. The largest absolute Gasteiger partial charge is 0.317 e. The van der Waals surface area contributed by atoms with Crippen LogP contribution < -0.4 is 9.80 Å². The van der Waals surface area contributed by atoms with Gasteiger partial charge in [0.25, 0.3) is 0 Å². The molecule has 2 aromatic heterocycles. The second-order valence-corrected chi connectivity index (χ2v) is 15.4. The smallest absolute Gasteiger partial charge is 0.0455 e. The fraction of sp³-hybridized carbons (Fsp3) is 0. The maximum absolute atomic E-state index is 4.30. The molecule has 2 heterocycles. The highest BCUT2D eigenvalue weighted by atomic mass is 15.1. The van der Waals surface area contributed by atoms with Gasteiger partial charge < -0.3 is 9.80 Å². The molecule has 0 fully saturated rings. The van der Waals surface area contributed by atoms with Gasteiger partial charge in [-0.3, -0.25) is 9.97 Å². The number of anilines is 4. The molecule has 0 saturated heterocycles. The zero-order chi connectivity index (χ0) is 42.9. The van der Waals surface area contributed by atoms with Crippen LogP contribution in [0.15, 0.2) is 243 Å². The summed E-state index contributed by atoms with van der Waals surface area (Å²) in [4.78, 5) is 13.0. The van der Waals surface area contributed by atoms with Crippen molar-refractivity contribution in [2.75, 3.05) is 9.80 Å². The Morgan fingerprint density at radius 3 is 1.08 bits per heavy atom. The minimum atomic E-state index is 0.971. The molecular weight excluding hydrogens is 777 g/mol. The van der Waals surface area contributed by atoms with Crippen LogP contribution in [-0.4, -0.2) is 9.97 Å². The van der Waals surface area contributed by atoms with Crippen molar-refractivity contribution in [1.29, 1.82) is 0 Å². The molecule has 0 spiro atoms. The Hall–Kier alpha value is -8.78. The van der Waals surface area contributed by atoms with Gasteiger partial charge in [0.05, 0.1) is 0 Å². The molecular formula is C60H42N4. The van der Waals surface area contributed by atoms with Crippen LogP contribution in [0, 0.1) is 11.8 Å². The molecule has 64 heavy (non-hydrogen) atoms. The highest BCUT2D eigenvalue weighted by molar-refractivity contribution is 5.91. The van der Waals surface area contributed by atoms with E-state index in [-0.39, 0.29) is 0 Å². The van der Waals surface area contributed by atoms with Gasteiger partial charge in [-0.15, -0.1) is 0 Å². The van der Waals surface area contributed by atoms with Gasteiger partial charge in [0.2, 0.25) is 0 Å². The molecule has 0 atom stereocenters. The minimum absolute atomic E-state index is 0.971. The average Bonchev–Trinajstić information content (AvgIpc) is 3.37. The summed E-state index contributed by atoms with van der Waals surface area (Å²) in [6.45, 7) is 0. The summed E-state index contributed by atoms with van der Waals surface area (Å²) in [7, 11) is 0. The lowest BCUT2D eigenvalue weighted by molar-refractivity contribution is 1.29. The highest BCUT2D eigenvalue weighted by Crippen LogP contribution is 2.32. The number of fused-ring (bicyclic) bond motifs is 2. The first-order valence-electron chi connectivity index (χ1n) is 21.4. The molecule has 302 valence electrons. The lowest BCUT2D eigenvalue weighted by atomic mass is 10.0. The molecule has 10 rings (SSSR count). The van der Waals surface area contributed by atoms with Crippen LogP contribution in [0.25, 0.3) is 56.0 Å². The van der Waals surface area contributed by atoms with Gasteiger partial charge in [-0.2, -0.15) is 0 Å². The molecule has 0 saturated carbocycles. The third kappa shape index (κ3) is 8.83. The van der Waals surface area contributed by atoms with Crippen molar-refractivity contribution >= 4 is 56.4 Å². The van der Waals surface area contributed by atoms with Gasteiger partial charge in [-0.05, 0) is 141 Å². The Labute approximate surface area is 374 Å². The van der Waals surface area contributed by atoms with Crippen molar-refractivity contribution < 1.29 is 0 Å². The van der Waals surface area contributed by atoms with Gasteiger partial charge >= 0.3 is 0 Å². The van der Waals surface area contributed by atoms with Crippen molar-refractivity contribution in [2.24, 2.45) is 0 Å². The molecule has 4 nitrogen and oxygen atoms in total. The van der Waals surface area contributed by atoms with Crippen LogP contribution in [0.5, 0.6) is 0 Å². The van der Waals surface area contributed by atoms with Crippen LogP contribution >= 0.6 is 0 Å². The van der Waals surface area contributed by atoms with E-state index in [2.05, 4.69) is 250 Å². The number of hydrogen-bond donors (Lipinski definition) is 0. The van der Waals surface area contributed by atoms with Gasteiger partial charge in [0.15, 0.2) is 0 Å². The third-order valence-electron chi connectivity index (χ3n) is 11.4. The molecule has 10 aromatic rings. The quantitative estimate of drug-likeness (QED) is 0.129. The monoisotopic (exact) mass is 818 g/mol. The van der Waals surface area contributed by atoms with E-state index in [4.69, 9.17) is 0 Å². The first-order valence-corrected chi connectivity index (χ1v) is 21.4. The van der Waals surface area contributed by atoms with E-state index in [1.54, 1.807) is 0 Å². The van der Waals surface area contributed by atoms with Crippen molar-refractivity contribution in [3.8, 4) is 34.1 Å². The number of hydrogen-bond acceptors (Lipinski definition) is 4. The van der Waals surface area contributed by atoms with Gasteiger partial charge in [-0.25, -0.2) is 0 Å². The number of rotatable bonds is 10. The molecule has 0 radical (unpaired) electrons. The normalized spacial score (nSPS) is 11.2. The molecule has 0 unspecified atom stereocenters. The number of benzene rings is 8. The molecule has 4 heteroatoms. The van der Waals surface area contributed by atoms with E-state index < -0.39 is 0 Å². The van der Waals surface area contributed by atoms with E-state index in [1.165, 1.54) is 10.8 Å². The lowest BCUT2D eigenvalue weighted by Gasteiger charge is -2.21. The van der Waals surface area contributed by atoms with Crippen molar-refractivity contribution in [3.63, 3.8) is 0 Å². The Balaban J connectivity index is 0.815. The summed E-state index contributed by atoms with van der Waals surface area (Å²) in [5.74, 6) is 6.73. The molecule has 0 aliphatic rings. The van der Waals surface area contributed by atoms with Gasteiger partial charge in [-0.1, -0.05) is 133 Å². The predicted molar refractivity (Wildman–Crippen MR) is 268 cm³/mol. The zero-order valence-corrected chi connectivity index (χ0v) is 35.0. The first-order chi connectivity index (χ1) is 31.7. The lowest BCUT2D eigenvalue weighted by Crippen LogP contribution is -2.08. The molecule has 0 aliphatic heterocycles. The fourth-order valence-electron chi connectivity index (χ4n) is 7.98. The summed E-state index contributed by atoms with van der Waals surface area (Å²) in [6, 6.07) is 72.0. The third-order valence-corrected chi connectivity index (χ3v) is 11.4. The number of aromatic nitrogens is 2. The second-order valence-electron chi connectivity index (χ2n) is 15.4. The van der Waals surface area contributed by atoms with Crippen LogP contribution in [0.3, 0.4) is 0 Å². The van der Waals surface area contributed by atoms with Crippen LogP contribution in [0.1, 0.15) is 22.3 Å². The number of pyridine rings is 2. The summed E-state index contributed by atoms with van der Waals surface area (Å²) in [6.07, 6.45) is 16.1. The maximum Gasteiger partial charge on any atom is 0.0455 e. The van der Waals surface area contributed by atoms with Crippen LogP contribution in [0.2, 0.25) is 0 Å². The number of para-hydroxylation sites is 2. The fourth-order valence-corrected chi connectivity index (χ4v) is 7.98.